The number of nitrogens with zero attached hydrogens (tertiary/aromatic N) is 4. The van der Waals surface area contributed by atoms with Gasteiger partial charge in [0.05, 0.1) is 24.5 Å². The van der Waals surface area contributed by atoms with Gasteiger partial charge in [0.2, 0.25) is 5.91 Å². The summed E-state index contributed by atoms with van der Waals surface area (Å²) in [6, 6.07) is 8.58. The number of methoxy groups -OCH3 is 1. The number of alkyl halides is 3. The van der Waals surface area contributed by atoms with Gasteiger partial charge in [-0.05, 0) is 45.1 Å². The number of amides is 1. The minimum absolute atomic E-state index is 0.138. The number of benzene rings is 1. The predicted octanol–water partition coefficient (Wildman–Crippen LogP) is 4.33. The van der Waals surface area contributed by atoms with Crippen molar-refractivity contribution in [1.29, 1.82) is 0 Å². The maximum atomic E-state index is 13.8. The third-order valence-electron chi connectivity index (χ3n) is 7.73. The molecule has 1 aromatic heterocycles. The molecule has 11 heteroatoms. The van der Waals surface area contributed by atoms with Gasteiger partial charge in [-0.3, -0.25) is 9.69 Å². The monoisotopic (exact) mass is 536 g/mol. The van der Waals surface area contributed by atoms with Crippen molar-refractivity contribution < 1.29 is 32.6 Å². The Hall–Kier alpha value is -3.08. The quantitative estimate of drug-likeness (QED) is 0.567. The summed E-state index contributed by atoms with van der Waals surface area (Å²) in [5.74, 6) is -0.626. The number of carboxylic acid groups (broad SMARTS) is 1. The maximum absolute atomic E-state index is 13.8. The van der Waals surface area contributed by atoms with Crippen LogP contribution in [0.3, 0.4) is 0 Å². The normalized spacial score (nSPS) is 23.7. The molecule has 1 aliphatic carbocycles. The average Bonchev–Trinajstić information content (AvgIpc) is 3.28. The third kappa shape index (κ3) is 5.98. The van der Waals surface area contributed by atoms with Crippen molar-refractivity contribution >= 4 is 11.9 Å². The van der Waals surface area contributed by atoms with Crippen molar-refractivity contribution in [3.05, 3.63) is 48.0 Å². The summed E-state index contributed by atoms with van der Waals surface area (Å²) in [6.45, 7) is 8.62. The van der Waals surface area contributed by atoms with E-state index in [1.165, 1.54) is 18.4 Å². The molecular formula is C27H35F3N4O4. The number of aliphatic carboxylic acids is 1. The Morgan fingerprint density at radius 1 is 1.26 bits per heavy atom. The minimum atomic E-state index is -5.08. The van der Waals surface area contributed by atoms with Gasteiger partial charge in [-0.1, -0.05) is 18.2 Å². The molecule has 1 N–H and O–H groups in total. The fraction of sp³-hybridized carbons (Fsp3) is 0.593. The molecule has 2 atom stereocenters. The lowest BCUT2D eigenvalue weighted by Gasteiger charge is -2.28. The number of para-hydroxylation sites is 1. The average molecular weight is 537 g/mol. The van der Waals surface area contributed by atoms with E-state index in [0.717, 1.165) is 56.5 Å². The summed E-state index contributed by atoms with van der Waals surface area (Å²) in [5.41, 5.74) is 1.89. The second-order valence-electron chi connectivity index (χ2n) is 10.8. The van der Waals surface area contributed by atoms with Crippen LogP contribution >= 0.6 is 0 Å². The van der Waals surface area contributed by atoms with Gasteiger partial charge in [0.1, 0.15) is 5.75 Å². The molecule has 38 heavy (non-hydrogen) atoms. The van der Waals surface area contributed by atoms with Crippen LogP contribution in [0.25, 0.3) is 0 Å². The summed E-state index contributed by atoms with van der Waals surface area (Å²) in [6.07, 6.45) is 2.50. The highest BCUT2D eigenvalue weighted by molar-refractivity contribution is 5.87. The van der Waals surface area contributed by atoms with Crippen LogP contribution in [0.1, 0.15) is 56.3 Å². The molecule has 0 bridgehead atoms. The van der Waals surface area contributed by atoms with Gasteiger partial charge in [0, 0.05) is 56.4 Å². The van der Waals surface area contributed by atoms with Crippen molar-refractivity contribution in [1.82, 2.24) is 19.4 Å². The van der Waals surface area contributed by atoms with E-state index in [1.807, 2.05) is 18.5 Å². The fourth-order valence-corrected chi connectivity index (χ4v) is 5.51. The van der Waals surface area contributed by atoms with E-state index in [1.54, 1.807) is 7.11 Å². The maximum Gasteiger partial charge on any atom is 0.490 e. The van der Waals surface area contributed by atoms with Crippen LogP contribution in [0.4, 0.5) is 13.2 Å². The molecule has 208 valence electrons. The van der Waals surface area contributed by atoms with Crippen molar-refractivity contribution in [2.45, 2.75) is 57.8 Å². The van der Waals surface area contributed by atoms with Crippen molar-refractivity contribution in [3.63, 3.8) is 0 Å². The number of carboxylic acids is 1. The zero-order valence-corrected chi connectivity index (χ0v) is 21.9. The topological polar surface area (TPSA) is 87.9 Å². The lowest BCUT2D eigenvalue weighted by molar-refractivity contribution is -0.192. The molecule has 1 saturated carbocycles. The number of halogens is 3. The molecule has 0 radical (unpaired) electrons. The van der Waals surface area contributed by atoms with Crippen LogP contribution in [0.15, 0.2) is 36.8 Å². The van der Waals surface area contributed by atoms with Crippen molar-refractivity contribution in [3.8, 4) is 5.75 Å². The Balaban J connectivity index is 0.000000426. The Labute approximate surface area is 220 Å². The van der Waals surface area contributed by atoms with Crippen LogP contribution in [0.2, 0.25) is 0 Å². The van der Waals surface area contributed by atoms with E-state index in [2.05, 4.69) is 46.5 Å². The highest BCUT2D eigenvalue weighted by Crippen LogP contribution is 2.50. The first-order valence-electron chi connectivity index (χ1n) is 12.9. The zero-order chi connectivity index (χ0) is 27.7. The molecule has 3 fully saturated rings. The van der Waals surface area contributed by atoms with Gasteiger partial charge in [-0.25, -0.2) is 9.78 Å². The van der Waals surface area contributed by atoms with Crippen LogP contribution in [0.5, 0.6) is 5.75 Å². The lowest BCUT2D eigenvalue weighted by atomic mass is 9.75. The lowest BCUT2D eigenvalue weighted by Crippen LogP contribution is -2.40. The van der Waals surface area contributed by atoms with Crippen LogP contribution < -0.4 is 4.74 Å². The summed E-state index contributed by atoms with van der Waals surface area (Å²) < 4.78 is 39.5. The Morgan fingerprint density at radius 3 is 2.53 bits per heavy atom. The van der Waals surface area contributed by atoms with Crippen molar-refractivity contribution in [2.24, 2.45) is 11.3 Å². The van der Waals surface area contributed by atoms with Gasteiger partial charge in [0.15, 0.2) is 0 Å². The Kier molecular flexibility index (Phi) is 8.06. The fourth-order valence-electron chi connectivity index (χ4n) is 5.51. The van der Waals surface area contributed by atoms with Gasteiger partial charge >= 0.3 is 12.1 Å². The molecule has 2 unspecified atom stereocenters. The number of carbonyl (C=O) groups is 2. The summed E-state index contributed by atoms with van der Waals surface area (Å²) in [4.78, 5) is 32.1. The molecule has 5 rings (SSSR count). The number of hydrogen-bond donors (Lipinski definition) is 1. The van der Waals surface area contributed by atoms with E-state index in [-0.39, 0.29) is 11.3 Å². The van der Waals surface area contributed by atoms with Crippen LogP contribution in [-0.4, -0.2) is 75.8 Å². The second-order valence-corrected chi connectivity index (χ2v) is 10.8. The first-order chi connectivity index (χ1) is 17.9. The second kappa shape index (κ2) is 11.0. The molecule has 2 aliphatic heterocycles. The van der Waals surface area contributed by atoms with E-state index in [0.29, 0.717) is 11.9 Å². The molecule has 3 aliphatic rings. The first-order valence-corrected chi connectivity index (χ1v) is 12.9. The summed E-state index contributed by atoms with van der Waals surface area (Å²) in [5, 5.41) is 7.12. The van der Waals surface area contributed by atoms with Gasteiger partial charge in [-0.15, -0.1) is 0 Å². The smallest absolute Gasteiger partial charge is 0.490 e. The Bertz CT molecular complexity index is 1150. The number of rotatable bonds is 7. The molecule has 2 saturated heterocycles. The number of likely N-dealkylation sites (tertiary alicyclic amines) is 2. The third-order valence-corrected chi connectivity index (χ3v) is 7.73. The molecular weight excluding hydrogens is 501 g/mol. The molecule has 1 aromatic carbocycles. The van der Waals surface area contributed by atoms with E-state index in [4.69, 9.17) is 19.6 Å². The molecule has 1 amide bonds. The van der Waals surface area contributed by atoms with E-state index in [9.17, 15) is 18.0 Å². The standard InChI is InChI=1S/C25H34N4O2.C2HF3O2/c1-18(2)29-15-22(26-17-29)21-14-27(13-20-6-4-5-7-23(20)31-3)16-25(21)10-11-28(24(25)30)12-19-8-9-19;3-2(4,5)1(6)7/h4-7,15,17-19,21H,8-14,16H2,1-3H3;(H,6,7). The van der Waals surface area contributed by atoms with E-state index >= 15 is 0 Å². The first kappa shape index (κ1) is 27.9. The number of hydrogen-bond acceptors (Lipinski definition) is 5. The number of aromatic nitrogens is 2. The van der Waals surface area contributed by atoms with Crippen LogP contribution in [-0.2, 0) is 16.1 Å². The summed E-state index contributed by atoms with van der Waals surface area (Å²) >= 11 is 0. The Morgan fingerprint density at radius 2 is 1.95 bits per heavy atom. The molecule has 8 nitrogen and oxygen atoms in total. The highest BCUT2D eigenvalue weighted by atomic mass is 19.4. The van der Waals surface area contributed by atoms with Gasteiger partial charge in [0.25, 0.3) is 0 Å². The molecule has 1 spiro atoms. The minimum Gasteiger partial charge on any atom is -0.496 e. The number of carbonyl (C=O) groups excluding carboxylic acids is 1. The zero-order valence-electron chi connectivity index (χ0n) is 21.9. The SMILES string of the molecule is COc1ccccc1CN1CC(c2cn(C(C)C)cn2)C2(CCN(CC3CC3)C2=O)C1.O=C(O)C(F)(F)F. The van der Waals surface area contributed by atoms with Crippen LogP contribution in [0, 0.1) is 11.3 Å². The van der Waals surface area contributed by atoms with Gasteiger partial charge in [-0.2, -0.15) is 13.2 Å². The number of imidazole rings is 1. The van der Waals surface area contributed by atoms with Crippen molar-refractivity contribution in [2.75, 3.05) is 33.3 Å². The summed E-state index contributed by atoms with van der Waals surface area (Å²) in [7, 11) is 1.72. The molecule has 2 aromatic rings. The predicted molar refractivity (Wildman–Crippen MR) is 134 cm³/mol. The highest BCUT2D eigenvalue weighted by Gasteiger charge is 2.58. The van der Waals surface area contributed by atoms with E-state index < -0.39 is 12.1 Å². The number of ether oxygens (including phenoxy) is 1. The van der Waals surface area contributed by atoms with Gasteiger partial charge < -0.3 is 19.3 Å². The molecule has 3 heterocycles. The largest absolute Gasteiger partial charge is 0.496 e.